The molecular formula is CH4PS2-. The molecule has 0 amide bonds. The monoisotopic (exact) mass is 111 g/mol. The molecule has 3 heteroatoms. The first-order valence-corrected chi connectivity index (χ1v) is 4.56. The van der Waals surface area contributed by atoms with E-state index in [2.05, 4.69) is 19.2 Å². The SMILES string of the molecule is C[S-](=P)=S. The first-order valence-electron chi connectivity index (χ1n) is 0.779. The van der Waals surface area contributed by atoms with Crippen molar-refractivity contribution < 1.29 is 0 Å². The predicted molar refractivity (Wildman–Crippen MR) is 29.0 cm³/mol. The van der Waals surface area contributed by atoms with Gasteiger partial charge in [0.15, 0.2) is 0 Å². The zero-order valence-electron chi connectivity index (χ0n) is 2.32. The summed E-state index contributed by atoms with van der Waals surface area (Å²) in [7, 11) is 3.18. The first-order chi connectivity index (χ1) is 1.73. The fourth-order valence-electron chi connectivity index (χ4n) is 0. The van der Waals surface area contributed by atoms with Gasteiger partial charge in [-0.2, -0.15) is 0 Å². The van der Waals surface area contributed by atoms with E-state index in [0.717, 1.165) is 0 Å². The summed E-state index contributed by atoms with van der Waals surface area (Å²) in [6.07, 6.45) is 1.92. The van der Waals surface area contributed by atoms with Crippen LogP contribution < -0.4 is 0 Å². The molecule has 0 fully saturated rings. The average Bonchev–Trinajstić information content (AvgIpc) is 0.811. The van der Waals surface area contributed by atoms with E-state index in [1.165, 1.54) is 0 Å². The quantitative estimate of drug-likeness (QED) is 0.328. The van der Waals surface area contributed by atoms with Crippen LogP contribution in [0.25, 0.3) is 0 Å². The molecule has 0 bridgehead atoms. The maximum absolute atomic E-state index is 4.56. The minimum absolute atomic E-state index is 0.0278. The second-order valence-electron chi connectivity index (χ2n) is 0.454. The van der Waals surface area contributed by atoms with Gasteiger partial charge in [0.2, 0.25) is 0 Å². The highest BCUT2D eigenvalue weighted by atomic mass is 32.9. The van der Waals surface area contributed by atoms with Crippen molar-refractivity contribution in [3.8, 4) is 0 Å². The van der Waals surface area contributed by atoms with Crippen LogP contribution in [0.15, 0.2) is 0 Å². The van der Waals surface area contributed by atoms with Gasteiger partial charge in [-0.1, -0.05) is 0 Å². The normalized spacial score (nSPS) is 8.50. The van der Waals surface area contributed by atoms with Gasteiger partial charge in [0.25, 0.3) is 0 Å². The highest BCUT2D eigenvalue weighted by Gasteiger charge is 1.12. The molecule has 0 aromatic carbocycles. The van der Waals surface area contributed by atoms with Crippen LogP contribution in [0.4, 0.5) is 0 Å². The van der Waals surface area contributed by atoms with Crippen molar-refractivity contribution in [3.05, 3.63) is 0 Å². The van der Waals surface area contributed by atoms with Crippen LogP contribution >= 0.6 is 8.02 Å². The van der Waals surface area contributed by atoms with Crippen molar-refractivity contribution in [2.45, 2.75) is 0 Å². The van der Waals surface area contributed by atoms with Crippen LogP contribution in [0.5, 0.6) is 0 Å². The Labute approximate surface area is 34.7 Å². The van der Waals surface area contributed by atoms with Gasteiger partial charge in [-0.3, -0.25) is 19.2 Å². The second-order valence-corrected chi connectivity index (χ2v) is 5.59. The highest BCUT2D eigenvalue weighted by molar-refractivity contribution is 8.38. The van der Waals surface area contributed by atoms with E-state index in [1.807, 2.05) is 6.26 Å². The average molecular weight is 111 g/mol. The molecule has 26 valence electrons. The standard InChI is InChI=1S/CH4PS2/c1-4(2)3/h2H,1H3/q-1. The van der Waals surface area contributed by atoms with Crippen molar-refractivity contribution >= 4 is 27.8 Å². The molecule has 0 saturated carbocycles. The van der Waals surface area contributed by atoms with Gasteiger partial charge in [-0.25, -0.2) is 0 Å². The molecule has 0 atom stereocenters. The Kier molecular flexibility index (Phi) is 2.59. The van der Waals surface area contributed by atoms with Gasteiger partial charge in [0.1, 0.15) is 0 Å². The zero-order chi connectivity index (χ0) is 3.58. The molecule has 0 nitrogen and oxygen atoms in total. The first kappa shape index (κ1) is 4.87. The molecule has 0 saturated heterocycles. The van der Waals surface area contributed by atoms with E-state index in [4.69, 9.17) is 0 Å². The highest BCUT2D eigenvalue weighted by Crippen LogP contribution is 1.58. The molecule has 0 aromatic heterocycles. The van der Waals surface area contributed by atoms with Crippen LogP contribution in [-0.2, 0) is 19.8 Å². The van der Waals surface area contributed by atoms with E-state index in [0.29, 0.717) is 0 Å². The predicted octanol–water partition coefficient (Wildman–Crippen LogP) is 0.754. The second kappa shape index (κ2) is 2.13. The summed E-state index contributed by atoms with van der Waals surface area (Å²) < 4.78 is 0. The summed E-state index contributed by atoms with van der Waals surface area (Å²) in [5, 5.41) is 0. The minimum atomic E-state index is 0.0278. The largest absolute Gasteiger partial charge is 0.390 e. The topological polar surface area (TPSA) is 0 Å². The molecule has 0 aliphatic carbocycles. The molecule has 0 aliphatic heterocycles. The number of hydrogen-bond acceptors (Lipinski definition) is 2. The lowest BCUT2D eigenvalue weighted by atomic mass is 12.0. The van der Waals surface area contributed by atoms with Crippen molar-refractivity contribution in [1.82, 2.24) is 0 Å². The van der Waals surface area contributed by atoms with Gasteiger partial charge in [-0.15, -0.1) is 6.26 Å². The Morgan fingerprint density at radius 3 is 2.00 bits per heavy atom. The van der Waals surface area contributed by atoms with Gasteiger partial charge in [0.05, 0.1) is 0 Å². The zero-order valence-corrected chi connectivity index (χ0v) is 4.95. The number of hydrogen-bond donors (Lipinski definition) is 0. The third-order valence-electron chi connectivity index (χ3n) is 0. The van der Waals surface area contributed by atoms with Gasteiger partial charge >= 0.3 is 0 Å². The minimum Gasteiger partial charge on any atom is -0.390 e. The van der Waals surface area contributed by atoms with Crippen molar-refractivity contribution in [2.24, 2.45) is 0 Å². The Morgan fingerprint density at radius 1 is 2.00 bits per heavy atom. The van der Waals surface area contributed by atoms with Crippen molar-refractivity contribution in [3.63, 3.8) is 0 Å². The summed E-state index contributed by atoms with van der Waals surface area (Å²) in [4.78, 5) is 0. The van der Waals surface area contributed by atoms with Crippen molar-refractivity contribution in [2.75, 3.05) is 6.26 Å². The fourth-order valence-corrected chi connectivity index (χ4v) is 0. The summed E-state index contributed by atoms with van der Waals surface area (Å²) in [6, 6.07) is 0. The summed E-state index contributed by atoms with van der Waals surface area (Å²) in [5.41, 5.74) is 0. The Bertz CT molecular complexity index is 54.4. The molecule has 0 rings (SSSR count). The van der Waals surface area contributed by atoms with E-state index in [9.17, 15) is 0 Å². The Morgan fingerprint density at radius 2 is 2.00 bits per heavy atom. The van der Waals surface area contributed by atoms with E-state index < -0.39 is 0 Å². The Balaban J connectivity index is 3.51. The van der Waals surface area contributed by atoms with Crippen LogP contribution in [0, 0.1) is 0 Å². The lowest BCUT2D eigenvalue weighted by Gasteiger charge is -1.71. The van der Waals surface area contributed by atoms with Crippen LogP contribution in [0.1, 0.15) is 0 Å². The molecule has 0 heterocycles. The molecule has 0 aromatic rings. The summed E-state index contributed by atoms with van der Waals surface area (Å²) in [6.45, 7) is 0. The van der Waals surface area contributed by atoms with E-state index in [-0.39, 0.29) is 8.63 Å². The van der Waals surface area contributed by atoms with Gasteiger partial charge < -0.3 is 8.63 Å². The third-order valence-corrected chi connectivity index (χ3v) is 0. The molecule has 0 spiro atoms. The smallest absolute Gasteiger partial charge is 0.136 e. The molecular weight excluding hydrogens is 107 g/mol. The van der Waals surface area contributed by atoms with Crippen molar-refractivity contribution in [1.29, 1.82) is 0 Å². The number of rotatable bonds is 0. The Hall–Kier alpha value is 0.870. The third kappa shape index (κ3) is 13.3. The molecule has 4 heavy (non-hydrogen) atoms. The summed E-state index contributed by atoms with van der Waals surface area (Å²) >= 11 is 4.56. The maximum atomic E-state index is 4.56. The van der Waals surface area contributed by atoms with E-state index in [1.54, 1.807) is 0 Å². The lowest BCUT2D eigenvalue weighted by Crippen LogP contribution is -1.41. The molecule has 0 aliphatic rings. The van der Waals surface area contributed by atoms with Gasteiger partial charge in [-0.05, 0) is 0 Å². The molecule has 0 unspecified atom stereocenters. The summed E-state index contributed by atoms with van der Waals surface area (Å²) in [5.74, 6) is 0. The van der Waals surface area contributed by atoms with E-state index >= 15 is 0 Å². The lowest BCUT2D eigenvalue weighted by molar-refractivity contribution is 2.54. The molecule has 0 radical (unpaired) electrons. The van der Waals surface area contributed by atoms with Crippen LogP contribution in [-0.4, -0.2) is 6.26 Å². The van der Waals surface area contributed by atoms with Gasteiger partial charge in [0, 0.05) is 0 Å². The maximum Gasteiger partial charge on any atom is -0.136 e. The van der Waals surface area contributed by atoms with Crippen LogP contribution in [0.2, 0.25) is 0 Å². The molecule has 0 N–H and O–H groups in total. The fraction of sp³-hybridized carbons (Fsp3) is 1.00. The van der Waals surface area contributed by atoms with Crippen LogP contribution in [0.3, 0.4) is 0 Å².